The first-order chi connectivity index (χ1) is 8.88. The minimum Gasteiger partial charge on any atom is -0.458 e. The lowest BCUT2D eigenvalue weighted by Crippen LogP contribution is -2.30. The van der Waals surface area contributed by atoms with E-state index in [1.165, 1.54) is 12.1 Å². The molecule has 1 aromatic carbocycles. The Kier molecular flexibility index (Phi) is 3.92. The van der Waals surface area contributed by atoms with Crippen molar-refractivity contribution < 1.29 is 13.9 Å². The second-order valence-electron chi connectivity index (χ2n) is 5.43. The van der Waals surface area contributed by atoms with E-state index in [0.29, 0.717) is 35.7 Å². The first-order valence-electron chi connectivity index (χ1n) is 6.54. The summed E-state index contributed by atoms with van der Waals surface area (Å²) in [7, 11) is 0. The van der Waals surface area contributed by atoms with Crippen LogP contribution in [0.4, 0.5) is 4.39 Å². The second-order valence-corrected chi connectivity index (χ2v) is 5.43. The number of hydrogen-bond donors (Lipinski definition) is 2. The lowest BCUT2D eigenvalue weighted by atomic mass is 9.99. The second kappa shape index (κ2) is 5.31. The maximum absolute atomic E-state index is 13.1. The fourth-order valence-corrected chi connectivity index (χ4v) is 2.01. The lowest BCUT2D eigenvalue weighted by molar-refractivity contribution is 0.0268. The van der Waals surface area contributed by atoms with Crippen molar-refractivity contribution in [2.24, 2.45) is 0 Å². The van der Waals surface area contributed by atoms with Gasteiger partial charge in [0.1, 0.15) is 22.8 Å². The Bertz CT molecular complexity index is 560. The van der Waals surface area contributed by atoms with Gasteiger partial charge in [-0.3, -0.25) is 0 Å². The van der Waals surface area contributed by atoms with Crippen LogP contribution >= 0.6 is 0 Å². The highest BCUT2D eigenvalue weighted by Gasteiger charge is 2.27. The van der Waals surface area contributed by atoms with E-state index in [4.69, 9.17) is 4.42 Å². The zero-order valence-electron chi connectivity index (χ0n) is 11.5. The summed E-state index contributed by atoms with van der Waals surface area (Å²) in [5.74, 6) is 0.166. The summed E-state index contributed by atoms with van der Waals surface area (Å²) in [5.41, 5.74) is -0.467. The average molecular weight is 265 g/mol. The van der Waals surface area contributed by atoms with E-state index in [9.17, 15) is 9.50 Å². The van der Waals surface area contributed by atoms with Gasteiger partial charge in [0.15, 0.2) is 0 Å². The molecule has 1 aromatic heterocycles. The zero-order valence-corrected chi connectivity index (χ0v) is 11.5. The summed E-state index contributed by atoms with van der Waals surface area (Å²) < 4.78 is 18.7. The largest absolute Gasteiger partial charge is 0.458 e. The zero-order chi connectivity index (χ0) is 14.0. The quantitative estimate of drug-likeness (QED) is 0.872. The van der Waals surface area contributed by atoms with Crippen molar-refractivity contribution >= 4 is 11.0 Å². The average Bonchev–Trinajstić information content (AvgIpc) is 2.71. The highest BCUT2D eigenvalue weighted by Crippen LogP contribution is 2.30. The lowest BCUT2D eigenvalue weighted by Gasteiger charge is -2.21. The van der Waals surface area contributed by atoms with E-state index < -0.39 is 5.60 Å². The number of fused-ring (bicyclic) bond motifs is 1. The summed E-state index contributed by atoms with van der Waals surface area (Å²) >= 11 is 0. The number of benzene rings is 1. The maximum atomic E-state index is 13.1. The molecule has 0 saturated carbocycles. The molecule has 1 unspecified atom stereocenters. The maximum Gasteiger partial charge on any atom is 0.136 e. The van der Waals surface area contributed by atoms with Crippen LogP contribution < -0.4 is 5.32 Å². The van der Waals surface area contributed by atoms with E-state index in [-0.39, 0.29) is 5.82 Å². The molecule has 2 aromatic rings. The Labute approximate surface area is 112 Å². The van der Waals surface area contributed by atoms with Gasteiger partial charge in [0.2, 0.25) is 0 Å². The summed E-state index contributed by atoms with van der Waals surface area (Å²) in [6, 6.07) is 6.42. The van der Waals surface area contributed by atoms with Gasteiger partial charge in [0.05, 0.1) is 0 Å². The van der Waals surface area contributed by atoms with E-state index in [0.717, 1.165) is 0 Å². The van der Waals surface area contributed by atoms with Gasteiger partial charge in [-0.2, -0.15) is 0 Å². The molecule has 2 rings (SSSR count). The van der Waals surface area contributed by atoms with Gasteiger partial charge in [0.25, 0.3) is 0 Å². The molecule has 4 heteroatoms. The van der Waals surface area contributed by atoms with Crippen LogP contribution in [0.25, 0.3) is 11.0 Å². The summed E-state index contributed by atoms with van der Waals surface area (Å²) in [5, 5.41) is 14.4. The van der Waals surface area contributed by atoms with Crippen LogP contribution in [0.3, 0.4) is 0 Å². The van der Waals surface area contributed by atoms with Crippen molar-refractivity contribution in [3.05, 3.63) is 35.8 Å². The van der Waals surface area contributed by atoms with Crippen molar-refractivity contribution in [1.29, 1.82) is 0 Å². The number of halogens is 1. The number of hydrogen-bond acceptors (Lipinski definition) is 3. The Morgan fingerprint density at radius 1 is 1.37 bits per heavy atom. The molecular formula is C15H20FNO2. The molecule has 0 aliphatic heterocycles. The molecule has 0 fully saturated rings. The van der Waals surface area contributed by atoms with Crippen LogP contribution in [-0.2, 0) is 5.60 Å². The van der Waals surface area contributed by atoms with Gasteiger partial charge in [-0.15, -0.1) is 0 Å². The normalized spacial score (nSPS) is 15.1. The third-order valence-corrected chi connectivity index (χ3v) is 3.17. The summed E-state index contributed by atoms with van der Waals surface area (Å²) in [6.45, 7) is 6.51. The molecule has 19 heavy (non-hydrogen) atoms. The predicted molar refractivity (Wildman–Crippen MR) is 73.5 cm³/mol. The number of nitrogens with one attached hydrogen (secondary N) is 1. The summed E-state index contributed by atoms with van der Waals surface area (Å²) in [4.78, 5) is 0. The van der Waals surface area contributed by atoms with Gasteiger partial charge in [0, 0.05) is 11.4 Å². The van der Waals surface area contributed by atoms with Crippen LogP contribution in [0.15, 0.2) is 28.7 Å². The van der Waals surface area contributed by atoms with Crippen LogP contribution in [0, 0.1) is 5.82 Å². The Morgan fingerprint density at radius 2 is 2.11 bits per heavy atom. The standard InChI is InChI=1S/C15H20FNO2/c1-10(2)17-7-6-15(3,18)14-9-11-8-12(16)4-5-13(11)19-14/h4-5,8-10,17-18H,6-7H2,1-3H3. The SMILES string of the molecule is CC(C)NCCC(C)(O)c1cc2cc(F)ccc2o1. The highest BCUT2D eigenvalue weighted by atomic mass is 19.1. The van der Waals surface area contributed by atoms with E-state index in [1.807, 2.05) is 0 Å². The van der Waals surface area contributed by atoms with Gasteiger partial charge < -0.3 is 14.8 Å². The topological polar surface area (TPSA) is 45.4 Å². The third-order valence-electron chi connectivity index (χ3n) is 3.17. The molecule has 1 heterocycles. The van der Waals surface area contributed by atoms with Gasteiger partial charge in [-0.05, 0) is 44.2 Å². The number of furan rings is 1. The fourth-order valence-electron chi connectivity index (χ4n) is 2.01. The minimum atomic E-state index is -1.06. The molecule has 0 aliphatic rings. The molecule has 2 N–H and O–H groups in total. The highest BCUT2D eigenvalue weighted by molar-refractivity contribution is 5.78. The molecule has 3 nitrogen and oxygen atoms in total. The molecule has 0 saturated heterocycles. The van der Waals surface area contributed by atoms with Gasteiger partial charge >= 0.3 is 0 Å². The van der Waals surface area contributed by atoms with Crippen molar-refractivity contribution in [3.63, 3.8) is 0 Å². The summed E-state index contributed by atoms with van der Waals surface area (Å²) in [6.07, 6.45) is 0.535. The molecule has 0 radical (unpaired) electrons. The predicted octanol–water partition coefficient (Wildman–Crippen LogP) is 3.17. The monoisotopic (exact) mass is 265 g/mol. The van der Waals surface area contributed by atoms with E-state index in [2.05, 4.69) is 19.2 Å². The van der Waals surface area contributed by atoms with E-state index in [1.54, 1.807) is 19.1 Å². The molecule has 104 valence electrons. The molecule has 0 bridgehead atoms. The van der Waals surface area contributed by atoms with Gasteiger partial charge in [-0.25, -0.2) is 4.39 Å². The van der Waals surface area contributed by atoms with Crippen LogP contribution in [0.5, 0.6) is 0 Å². The molecule has 0 amide bonds. The van der Waals surface area contributed by atoms with Crippen molar-refractivity contribution in [2.75, 3.05) is 6.54 Å². The van der Waals surface area contributed by atoms with Crippen molar-refractivity contribution in [1.82, 2.24) is 5.32 Å². The first-order valence-corrected chi connectivity index (χ1v) is 6.54. The molecule has 1 atom stereocenters. The number of rotatable bonds is 5. The van der Waals surface area contributed by atoms with Crippen LogP contribution in [0.1, 0.15) is 33.0 Å². The molecular weight excluding hydrogens is 245 g/mol. The van der Waals surface area contributed by atoms with Gasteiger partial charge in [-0.1, -0.05) is 13.8 Å². The smallest absolute Gasteiger partial charge is 0.136 e. The Balaban J connectivity index is 2.17. The van der Waals surface area contributed by atoms with Crippen LogP contribution in [-0.4, -0.2) is 17.7 Å². The first kappa shape index (κ1) is 14.0. The third kappa shape index (κ3) is 3.33. The molecule has 0 spiro atoms. The van der Waals surface area contributed by atoms with E-state index >= 15 is 0 Å². The van der Waals surface area contributed by atoms with Crippen molar-refractivity contribution in [3.8, 4) is 0 Å². The van der Waals surface area contributed by atoms with Crippen molar-refractivity contribution in [2.45, 2.75) is 38.8 Å². The molecule has 0 aliphatic carbocycles. The Hall–Kier alpha value is -1.39. The van der Waals surface area contributed by atoms with Crippen LogP contribution in [0.2, 0.25) is 0 Å². The fraction of sp³-hybridized carbons (Fsp3) is 0.467. The Morgan fingerprint density at radius 3 is 2.79 bits per heavy atom. The number of aliphatic hydroxyl groups is 1. The minimum absolute atomic E-state index is 0.305.